The van der Waals surface area contributed by atoms with Crippen molar-refractivity contribution in [1.29, 1.82) is 0 Å². The van der Waals surface area contributed by atoms with Crippen molar-refractivity contribution >= 4 is 11.6 Å². The second kappa shape index (κ2) is 7.60. The zero-order valence-electron chi connectivity index (χ0n) is 13.9. The first-order valence-corrected chi connectivity index (χ1v) is 8.48. The van der Waals surface area contributed by atoms with Crippen LogP contribution in [-0.2, 0) is 4.79 Å². The number of β-amino-alcohol motifs (C(OH)–C–C–N with tert-alkyl or cyclic N) is 1. The van der Waals surface area contributed by atoms with E-state index in [1.54, 1.807) is 0 Å². The maximum Gasteiger partial charge on any atom is 0.246 e. The third-order valence-electron chi connectivity index (χ3n) is 4.72. The molecule has 0 aromatic heterocycles. The lowest BCUT2D eigenvalue weighted by Gasteiger charge is -2.38. The van der Waals surface area contributed by atoms with Crippen LogP contribution in [0.3, 0.4) is 0 Å². The van der Waals surface area contributed by atoms with Crippen LogP contribution in [-0.4, -0.2) is 35.1 Å². The van der Waals surface area contributed by atoms with Gasteiger partial charge >= 0.3 is 0 Å². The molecule has 126 valence electrons. The van der Waals surface area contributed by atoms with Crippen molar-refractivity contribution < 1.29 is 9.90 Å². The Labute approximate surface area is 143 Å². The van der Waals surface area contributed by atoms with Crippen LogP contribution < -0.4 is 5.32 Å². The van der Waals surface area contributed by atoms with Gasteiger partial charge in [0, 0.05) is 12.2 Å². The highest BCUT2D eigenvalue weighted by molar-refractivity contribution is 5.95. The average molecular weight is 324 g/mol. The minimum Gasteiger partial charge on any atom is -0.392 e. The summed E-state index contributed by atoms with van der Waals surface area (Å²) in [5, 5.41) is 13.2. The minimum atomic E-state index is -0.395. The molecule has 4 nitrogen and oxygen atoms in total. The Morgan fingerprint density at radius 3 is 2.38 bits per heavy atom. The van der Waals surface area contributed by atoms with Gasteiger partial charge in [-0.15, -0.1) is 0 Å². The molecule has 1 amide bonds. The number of benzene rings is 2. The van der Waals surface area contributed by atoms with Crippen LogP contribution in [0.5, 0.6) is 0 Å². The lowest BCUT2D eigenvalue weighted by atomic mass is 9.93. The molecule has 2 aromatic carbocycles. The van der Waals surface area contributed by atoms with Crippen molar-refractivity contribution in [1.82, 2.24) is 4.90 Å². The highest BCUT2D eigenvalue weighted by Crippen LogP contribution is 2.28. The number of carbonyl (C=O) groups excluding carboxylic acids is 1. The molecule has 2 N–H and O–H groups in total. The number of para-hydroxylation sites is 1. The number of likely N-dealkylation sites (tertiary alicyclic amines) is 1. The number of anilines is 1. The van der Waals surface area contributed by atoms with Crippen LogP contribution in [0.25, 0.3) is 0 Å². The van der Waals surface area contributed by atoms with E-state index >= 15 is 0 Å². The summed E-state index contributed by atoms with van der Waals surface area (Å²) in [6, 6.07) is 18.9. The summed E-state index contributed by atoms with van der Waals surface area (Å²) in [5.41, 5.74) is 1.74. The van der Waals surface area contributed by atoms with Crippen LogP contribution in [0, 0.1) is 5.92 Å². The lowest BCUT2D eigenvalue weighted by molar-refractivity contribution is -0.123. The Morgan fingerprint density at radius 1 is 1.12 bits per heavy atom. The van der Waals surface area contributed by atoms with Gasteiger partial charge in [-0.25, -0.2) is 0 Å². The molecule has 0 spiro atoms. The fourth-order valence-corrected chi connectivity index (χ4v) is 3.20. The summed E-state index contributed by atoms with van der Waals surface area (Å²) in [5.74, 6) is 0.212. The van der Waals surface area contributed by atoms with Gasteiger partial charge in [0.05, 0.1) is 6.10 Å². The molecule has 3 rings (SSSR count). The van der Waals surface area contributed by atoms with Gasteiger partial charge in [-0.05, 0) is 36.6 Å². The second-order valence-corrected chi connectivity index (χ2v) is 6.50. The van der Waals surface area contributed by atoms with Crippen molar-refractivity contribution in [3.05, 3.63) is 66.2 Å². The van der Waals surface area contributed by atoms with E-state index in [4.69, 9.17) is 0 Å². The first-order chi connectivity index (χ1) is 11.6. The van der Waals surface area contributed by atoms with Crippen molar-refractivity contribution in [2.75, 3.05) is 18.4 Å². The van der Waals surface area contributed by atoms with E-state index < -0.39 is 12.1 Å². The zero-order valence-corrected chi connectivity index (χ0v) is 13.9. The highest BCUT2D eigenvalue weighted by Gasteiger charge is 2.33. The Bertz CT molecular complexity index is 660. The second-order valence-electron chi connectivity index (χ2n) is 6.50. The number of piperidine rings is 1. The van der Waals surface area contributed by atoms with E-state index in [0.717, 1.165) is 24.2 Å². The van der Waals surface area contributed by atoms with E-state index in [2.05, 4.69) is 17.1 Å². The van der Waals surface area contributed by atoms with E-state index in [1.807, 2.05) is 60.7 Å². The molecule has 1 fully saturated rings. The van der Waals surface area contributed by atoms with Gasteiger partial charge in [0.25, 0.3) is 0 Å². The molecular formula is C20H24N2O2. The number of carbonyl (C=O) groups is 1. The summed E-state index contributed by atoms with van der Waals surface area (Å²) >= 11 is 0. The zero-order chi connectivity index (χ0) is 16.9. The SMILES string of the molecule is CC1CCN(C(C(=O)Nc2ccccc2)c2ccccc2)CC1O. The number of aliphatic hydroxyl groups excluding tert-OH is 1. The van der Waals surface area contributed by atoms with Crippen LogP contribution in [0.4, 0.5) is 5.69 Å². The summed E-state index contributed by atoms with van der Waals surface area (Å²) < 4.78 is 0. The monoisotopic (exact) mass is 324 g/mol. The number of nitrogens with zero attached hydrogens (tertiary/aromatic N) is 1. The first-order valence-electron chi connectivity index (χ1n) is 8.48. The number of hydrogen-bond acceptors (Lipinski definition) is 3. The van der Waals surface area contributed by atoms with Crippen LogP contribution in [0.1, 0.15) is 24.9 Å². The Morgan fingerprint density at radius 2 is 1.75 bits per heavy atom. The maximum atomic E-state index is 13.0. The fourth-order valence-electron chi connectivity index (χ4n) is 3.20. The molecule has 0 saturated carbocycles. The largest absolute Gasteiger partial charge is 0.392 e. The number of hydrogen-bond donors (Lipinski definition) is 2. The smallest absolute Gasteiger partial charge is 0.246 e. The molecule has 4 heteroatoms. The molecule has 3 atom stereocenters. The molecule has 0 radical (unpaired) electrons. The van der Waals surface area contributed by atoms with E-state index in [-0.39, 0.29) is 11.8 Å². The molecule has 0 aliphatic carbocycles. The molecular weight excluding hydrogens is 300 g/mol. The van der Waals surface area contributed by atoms with E-state index in [1.165, 1.54) is 0 Å². The molecule has 1 saturated heterocycles. The normalized spacial score (nSPS) is 22.8. The van der Waals surface area contributed by atoms with Crippen LogP contribution in [0.2, 0.25) is 0 Å². The molecule has 0 bridgehead atoms. The number of rotatable bonds is 4. The predicted molar refractivity (Wildman–Crippen MR) is 95.6 cm³/mol. The van der Waals surface area contributed by atoms with Gasteiger partial charge in [-0.3, -0.25) is 9.69 Å². The van der Waals surface area contributed by atoms with Gasteiger partial charge < -0.3 is 10.4 Å². The van der Waals surface area contributed by atoms with Crippen molar-refractivity contribution in [2.45, 2.75) is 25.5 Å². The number of nitrogens with one attached hydrogen (secondary N) is 1. The average Bonchev–Trinajstić information content (AvgIpc) is 2.60. The molecule has 24 heavy (non-hydrogen) atoms. The Hall–Kier alpha value is -2.17. The van der Waals surface area contributed by atoms with Gasteiger partial charge in [-0.2, -0.15) is 0 Å². The number of aliphatic hydroxyl groups is 1. The van der Waals surface area contributed by atoms with Gasteiger partial charge in [0.2, 0.25) is 5.91 Å². The molecule has 1 aliphatic rings. The predicted octanol–water partition coefficient (Wildman–Crippen LogP) is 3.07. The number of amides is 1. The fraction of sp³-hybridized carbons (Fsp3) is 0.350. The van der Waals surface area contributed by atoms with Gasteiger partial charge in [0.15, 0.2) is 0 Å². The first kappa shape index (κ1) is 16.7. The topological polar surface area (TPSA) is 52.6 Å². The maximum absolute atomic E-state index is 13.0. The molecule has 1 aliphatic heterocycles. The van der Waals surface area contributed by atoms with Crippen molar-refractivity contribution in [2.24, 2.45) is 5.92 Å². The summed E-state index contributed by atoms with van der Waals surface area (Å²) in [4.78, 5) is 15.0. The van der Waals surface area contributed by atoms with Crippen molar-refractivity contribution in [3.8, 4) is 0 Å². The van der Waals surface area contributed by atoms with Crippen LogP contribution >= 0.6 is 0 Å². The Balaban J connectivity index is 1.84. The summed E-state index contributed by atoms with van der Waals surface area (Å²) in [6.07, 6.45) is 0.498. The van der Waals surface area contributed by atoms with Crippen molar-refractivity contribution in [3.63, 3.8) is 0 Å². The van der Waals surface area contributed by atoms with E-state index in [9.17, 15) is 9.90 Å². The molecule has 3 unspecified atom stereocenters. The molecule has 2 aromatic rings. The standard InChI is InChI=1S/C20H24N2O2/c1-15-12-13-22(14-18(15)23)19(16-8-4-2-5-9-16)20(24)21-17-10-6-3-7-11-17/h2-11,15,18-19,23H,12-14H2,1H3,(H,21,24). The Kier molecular flexibility index (Phi) is 5.28. The van der Waals surface area contributed by atoms with Gasteiger partial charge in [0.1, 0.15) is 6.04 Å². The minimum absolute atomic E-state index is 0.0610. The summed E-state index contributed by atoms with van der Waals surface area (Å²) in [7, 11) is 0. The summed E-state index contributed by atoms with van der Waals surface area (Å²) in [6.45, 7) is 3.38. The lowest BCUT2D eigenvalue weighted by Crippen LogP contribution is -2.47. The van der Waals surface area contributed by atoms with E-state index in [0.29, 0.717) is 6.54 Å². The third-order valence-corrected chi connectivity index (χ3v) is 4.72. The van der Waals surface area contributed by atoms with Crippen LogP contribution in [0.15, 0.2) is 60.7 Å². The molecule has 1 heterocycles. The quantitative estimate of drug-likeness (QED) is 0.909. The van der Waals surface area contributed by atoms with Gasteiger partial charge in [-0.1, -0.05) is 55.5 Å². The highest BCUT2D eigenvalue weighted by atomic mass is 16.3. The third kappa shape index (κ3) is 3.83.